The molecule has 0 aliphatic carbocycles. The molecule has 114 valence electrons. The van der Waals surface area contributed by atoms with Crippen LogP contribution in [0.4, 0.5) is 5.69 Å². The number of nitrogens with zero attached hydrogens (tertiary/aromatic N) is 4. The molecule has 1 aromatic carbocycles. The molecule has 0 heterocycles. The average Bonchev–Trinajstić information content (AvgIpc) is 2.32. The van der Waals surface area contributed by atoms with E-state index < -0.39 is 14.9 Å². The summed E-state index contributed by atoms with van der Waals surface area (Å²) in [6, 6.07) is 1.47. The first-order valence-corrected chi connectivity index (χ1v) is 7.46. The second-order valence-electron chi connectivity index (χ2n) is 4.42. The minimum absolute atomic E-state index is 0.0399. The molecule has 0 radical (unpaired) electrons. The zero-order chi connectivity index (χ0) is 16.2. The van der Waals surface area contributed by atoms with Gasteiger partial charge < -0.3 is 0 Å². The lowest BCUT2D eigenvalue weighted by molar-refractivity contribution is -0.386. The Labute approximate surface area is 121 Å². The summed E-state index contributed by atoms with van der Waals surface area (Å²) < 4.78 is 26.8. The Morgan fingerprint density at radius 1 is 1.38 bits per heavy atom. The molecule has 0 aliphatic rings. The Balaban J connectivity index is 3.32. The van der Waals surface area contributed by atoms with Crippen LogP contribution in [-0.4, -0.2) is 26.4 Å². The first kappa shape index (κ1) is 16.9. The van der Waals surface area contributed by atoms with Crippen molar-refractivity contribution in [3.05, 3.63) is 43.3 Å². The Morgan fingerprint density at radius 3 is 2.52 bits per heavy atom. The number of rotatable bonds is 6. The summed E-state index contributed by atoms with van der Waals surface area (Å²) in [5.74, 6) is 0. The molecule has 0 unspecified atom stereocenters. The topological polar surface area (TPSA) is 138 Å². The van der Waals surface area contributed by atoms with E-state index in [1.54, 1.807) is 13.8 Å². The lowest BCUT2D eigenvalue weighted by Gasteiger charge is -2.13. The van der Waals surface area contributed by atoms with Gasteiger partial charge in [-0.05, 0) is 37.9 Å². The number of hydrogen-bond donors (Lipinski definition) is 1. The fourth-order valence-corrected chi connectivity index (χ4v) is 3.69. The van der Waals surface area contributed by atoms with Gasteiger partial charge in [0.1, 0.15) is 0 Å². The van der Waals surface area contributed by atoms with E-state index >= 15 is 0 Å². The maximum Gasteiger partial charge on any atom is 0.276 e. The van der Waals surface area contributed by atoms with Crippen LogP contribution in [0.5, 0.6) is 0 Å². The van der Waals surface area contributed by atoms with Crippen LogP contribution in [0, 0.1) is 30.9 Å². The average molecular weight is 313 g/mol. The molecule has 10 heteroatoms. The number of nitro benzene ring substituents is 1. The summed E-state index contributed by atoms with van der Waals surface area (Å²) >= 11 is 0. The predicted molar refractivity (Wildman–Crippen MR) is 76.5 cm³/mol. The van der Waals surface area contributed by atoms with Crippen molar-refractivity contribution in [1.82, 2.24) is 4.72 Å². The molecular weight excluding hydrogens is 298 g/mol. The van der Waals surface area contributed by atoms with Gasteiger partial charge in [0.15, 0.2) is 0 Å². The molecular formula is C11H15N5O4S. The number of azide groups is 1. The lowest BCUT2D eigenvalue weighted by atomic mass is 10.1. The largest absolute Gasteiger partial charge is 0.276 e. The van der Waals surface area contributed by atoms with E-state index in [0.29, 0.717) is 11.1 Å². The maximum absolute atomic E-state index is 12.3. The zero-order valence-corrected chi connectivity index (χ0v) is 12.6. The van der Waals surface area contributed by atoms with Gasteiger partial charge in [0.25, 0.3) is 5.69 Å². The molecule has 0 fully saturated rings. The summed E-state index contributed by atoms with van der Waals surface area (Å²) in [5, 5.41) is 14.3. The van der Waals surface area contributed by atoms with Crippen LogP contribution in [0.15, 0.2) is 16.1 Å². The Hall–Kier alpha value is -2.16. The lowest BCUT2D eigenvalue weighted by Crippen LogP contribution is -2.27. The van der Waals surface area contributed by atoms with Crippen LogP contribution in [0.2, 0.25) is 0 Å². The van der Waals surface area contributed by atoms with Crippen LogP contribution in [0.3, 0.4) is 0 Å². The van der Waals surface area contributed by atoms with Crippen molar-refractivity contribution in [2.75, 3.05) is 13.1 Å². The molecule has 0 aromatic heterocycles. The van der Waals surface area contributed by atoms with Crippen molar-refractivity contribution in [1.29, 1.82) is 0 Å². The van der Waals surface area contributed by atoms with E-state index in [1.165, 1.54) is 13.0 Å². The normalized spacial score (nSPS) is 11.0. The van der Waals surface area contributed by atoms with E-state index in [0.717, 1.165) is 0 Å². The predicted octanol–water partition coefficient (Wildman–Crippen LogP) is 2.11. The van der Waals surface area contributed by atoms with Gasteiger partial charge in [0, 0.05) is 29.1 Å². The summed E-state index contributed by atoms with van der Waals surface area (Å²) in [7, 11) is -3.91. The third kappa shape index (κ3) is 3.69. The number of nitro groups is 1. The van der Waals surface area contributed by atoms with Crippen molar-refractivity contribution in [2.45, 2.75) is 25.7 Å². The molecule has 1 aromatic rings. The molecule has 0 aliphatic heterocycles. The third-order valence-corrected chi connectivity index (χ3v) is 4.63. The van der Waals surface area contributed by atoms with E-state index in [1.807, 2.05) is 0 Å². The smallest absolute Gasteiger partial charge is 0.258 e. The van der Waals surface area contributed by atoms with Crippen molar-refractivity contribution in [3.63, 3.8) is 0 Å². The minimum atomic E-state index is -3.91. The number of sulfonamides is 1. The van der Waals surface area contributed by atoms with Gasteiger partial charge >= 0.3 is 0 Å². The number of benzene rings is 1. The number of hydrogen-bond acceptors (Lipinski definition) is 5. The Kier molecular flexibility index (Phi) is 5.25. The fraction of sp³-hybridized carbons (Fsp3) is 0.455. The van der Waals surface area contributed by atoms with Crippen LogP contribution in [-0.2, 0) is 10.0 Å². The summed E-state index contributed by atoms with van der Waals surface area (Å²) in [5.41, 5.74) is 8.84. The van der Waals surface area contributed by atoms with Gasteiger partial charge in [-0.2, -0.15) is 0 Å². The molecule has 0 bridgehead atoms. The molecule has 9 nitrogen and oxygen atoms in total. The van der Waals surface area contributed by atoms with Crippen LogP contribution in [0.1, 0.15) is 16.7 Å². The standard InChI is InChI=1S/C11H15N5O4S/c1-7-6-8(2)11(9(3)10(7)16(17)18)21(19,20)14-5-4-13-15-12/h6,14H,4-5H2,1-3H3. The summed E-state index contributed by atoms with van der Waals surface area (Å²) in [6.45, 7) is 4.42. The first-order valence-electron chi connectivity index (χ1n) is 5.98. The van der Waals surface area contributed by atoms with Gasteiger partial charge in [-0.25, -0.2) is 13.1 Å². The van der Waals surface area contributed by atoms with Crippen LogP contribution >= 0.6 is 0 Å². The van der Waals surface area contributed by atoms with E-state index in [2.05, 4.69) is 14.7 Å². The molecule has 0 amide bonds. The maximum atomic E-state index is 12.3. The third-order valence-electron chi connectivity index (χ3n) is 2.88. The molecule has 1 N–H and O–H groups in total. The molecule has 0 spiro atoms. The second kappa shape index (κ2) is 6.53. The van der Waals surface area contributed by atoms with Gasteiger partial charge in [-0.15, -0.1) is 0 Å². The van der Waals surface area contributed by atoms with Gasteiger partial charge in [-0.3, -0.25) is 10.1 Å². The minimum Gasteiger partial charge on any atom is -0.258 e. The van der Waals surface area contributed by atoms with E-state index in [-0.39, 0.29) is 29.2 Å². The molecule has 0 atom stereocenters. The Bertz CT molecular complexity index is 723. The van der Waals surface area contributed by atoms with Crippen molar-refractivity contribution >= 4 is 15.7 Å². The summed E-state index contributed by atoms with van der Waals surface area (Å²) in [6.07, 6.45) is 0. The highest BCUT2D eigenvalue weighted by atomic mass is 32.2. The van der Waals surface area contributed by atoms with Gasteiger partial charge in [0.05, 0.1) is 9.82 Å². The van der Waals surface area contributed by atoms with Crippen molar-refractivity contribution in [3.8, 4) is 0 Å². The summed E-state index contributed by atoms with van der Waals surface area (Å²) in [4.78, 5) is 12.9. The zero-order valence-electron chi connectivity index (χ0n) is 11.8. The number of nitrogens with one attached hydrogen (secondary N) is 1. The van der Waals surface area contributed by atoms with Crippen LogP contribution < -0.4 is 4.72 Å². The molecule has 21 heavy (non-hydrogen) atoms. The fourth-order valence-electron chi connectivity index (χ4n) is 2.20. The first-order chi connectivity index (χ1) is 9.72. The van der Waals surface area contributed by atoms with Gasteiger partial charge in [-0.1, -0.05) is 5.11 Å². The monoisotopic (exact) mass is 313 g/mol. The highest BCUT2D eigenvalue weighted by molar-refractivity contribution is 7.89. The van der Waals surface area contributed by atoms with E-state index in [9.17, 15) is 18.5 Å². The van der Waals surface area contributed by atoms with Gasteiger partial charge in [0.2, 0.25) is 10.0 Å². The SMILES string of the molecule is Cc1cc(C)c(S(=O)(=O)NCCN=[N+]=[N-])c(C)c1[N+](=O)[O-]. The highest BCUT2D eigenvalue weighted by Gasteiger charge is 2.27. The van der Waals surface area contributed by atoms with Crippen molar-refractivity contribution < 1.29 is 13.3 Å². The molecule has 0 saturated heterocycles. The Morgan fingerprint density at radius 2 is 2.00 bits per heavy atom. The quantitative estimate of drug-likeness (QED) is 0.214. The molecule has 1 rings (SSSR count). The number of aryl methyl sites for hydroxylation is 2. The van der Waals surface area contributed by atoms with E-state index in [4.69, 9.17) is 5.53 Å². The molecule has 0 saturated carbocycles. The highest BCUT2D eigenvalue weighted by Crippen LogP contribution is 2.31. The van der Waals surface area contributed by atoms with Crippen molar-refractivity contribution in [2.24, 2.45) is 5.11 Å². The second-order valence-corrected chi connectivity index (χ2v) is 6.13. The van der Waals surface area contributed by atoms with Crippen LogP contribution in [0.25, 0.3) is 10.4 Å².